The van der Waals surface area contributed by atoms with Gasteiger partial charge < -0.3 is 20.6 Å². The van der Waals surface area contributed by atoms with Crippen molar-refractivity contribution in [3.8, 4) is 5.69 Å². The van der Waals surface area contributed by atoms with Crippen molar-refractivity contribution < 1.29 is 29.3 Å². The summed E-state index contributed by atoms with van der Waals surface area (Å²) < 4.78 is 15.0. The highest BCUT2D eigenvalue weighted by Crippen LogP contribution is 2.28. The SMILES string of the molecule is CC(C)NC(=O)c1nn(-c2ccc(F)cc2)c(CC[C@@H](O)C[C@@H](O)CC(=O)O)c1C(C)C. The van der Waals surface area contributed by atoms with Crippen LogP contribution in [0.25, 0.3) is 5.69 Å². The number of aliphatic carboxylic acids is 1. The number of nitrogens with one attached hydrogen (secondary N) is 1. The van der Waals surface area contributed by atoms with Gasteiger partial charge in [0.15, 0.2) is 5.69 Å². The number of rotatable bonds is 11. The van der Waals surface area contributed by atoms with Gasteiger partial charge in [-0.05, 0) is 63.3 Å². The first-order valence-electron chi connectivity index (χ1n) is 10.8. The van der Waals surface area contributed by atoms with Crippen LogP contribution in [0.5, 0.6) is 0 Å². The van der Waals surface area contributed by atoms with E-state index in [0.29, 0.717) is 17.8 Å². The largest absolute Gasteiger partial charge is 0.481 e. The van der Waals surface area contributed by atoms with E-state index in [-0.39, 0.29) is 36.4 Å². The summed E-state index contributed by atoms with van der Waals surface area (Å²) in [7, 11) is 0. The van der Waals surface area contributed by atoms with Gasteiger partial charge in [-0.2, -0.15) is 5.10 Å². The van der Waals surface area contributed by atoms with Crippen molar-refractivity contribution in [2.75, 3.05) is 0 Å². The fourth-order valence-electron chi connectivity index (χ4n) is 3.63. The maximum Gasteiger partial charge on any atom is 0.305 e. The molecule has 1 amide bonds. The normalized spacial score (nSPS) is 13.4. The molecule has 2 atom stereocenters. The Hall–Kier alpha value is -2.78. The van der Waals surface area contributed by atoms with Crippen LogP contribution in [0.4, 0.5) is 4.39 Å². The number of aromatic nitrogens is 2. The highest BCUT2D eigenvalue weighted by atomic mass is 19.1. The average Bonchev–Trinajstić information content (AvgIpc) is 3.05. The van der Waals surface area contributed by atoms with Crippen molar-refractivity contribution in [3.05, 3.63) is 47.0 Å². The summed E-state index contributed by atoms with van der Waals surface area (Å²) in [6.45, 7) is 7.58. The molecule has 176 valence electrons. The zero-order valence-electron chi connectivity index (χ0n) is 18.9. The monoisotopic (exact) mass is 449 g/mol. The van der Waals surface area contributed by atoms with E-state index in [2.05, 4.69) is 10.4 Å². The summed E-state index contributed by atoms with van der Waals surface area (Å²) in [6.07, 6.45) is -2.05. The number of carboxylic acids is 1. The van der Waals surface area contributed by atoms with Crippen LogP contribution in [0.2, 0.25) is 0 Å². The zero-order chi connectivity index (χ0) is 24.0. The molecule has 0 saturated carbocycles. The van der Waals surface area contributed by atoms with Gasteiger partial charge in [0.25, 0.3) is 5.91 Å². The molecule has 2 aromatic rings. The van der Waals surface area contributed by atoms with Crippen LogP contribution in [0.15, 0.2) is 24.3 Å². The predicted molar refractivity (Wildman–Crippen MR) is 117 cm³/mol. The summed E-state index contributed by atoms with van der Waals surface area (Å²) in [5.74, 6) is -1.90. The first-order valence-corrected chi connectivity index (χ1v) is 10.8. The van der Waals surface area contributed by atoms with E-state index in [1.165, 1.54) is 12.1 Å². The molecule has 0 aliphatic carbocycles. The van der Waals surface area contributed by atoms with Gasteiger partial charge >= 0.3 is 5.97 Å². The number of aliphatic hydroxyl groups is 2. The van der Waals surface area contributed by atoms with Gasteiger partial charge in [-0.15, -0.1) is 0 Å². The third-order valence-electron chi connectivity index (χ3n) is 4.97. The molecule has 0 spiro atoms. The molecule has 4 N–H and O–H groups in total. The standard InChI is InChI=1S/C23H32FN3O5/c1-13(2)21-19(10-9-17(28)11-18(29)12-20(30)31)27(16-7-5-15(24)6-8-16)26-22(21)23(32)25-14(3)4/h5-8,13-14,17-18,28-29H,9-12H2,1-4H3,(H,25,32)(H,30,31)/t17-,18-/m1/s1. The Kier molecular flexibility index (Phi) is 8.91. The van der Waals surface area contributed by atoms with Crippen LogP contribution >= 0.6 is 0 Å². The number of carbonyl (C=O) groups excluding carboxylic acids is 1. The Bertz CT molecular complexity index is 924. The first-order chi connectivity index (χ1) is 15.0. The fourth-order valence-corrected chi connectivity index (χ4v) is 3.63. The molecule has 8 nitrogen and oxygen atoms in total. The molecule has 0 fully saturated rings. The lowest BCUT2D eigenvalue weighted by molar-refractivity contribution is -0.139. The molecule has 0 aliphatic heterocycles. The van der Waals surface area contributed by atoms with Gasteiger partial charge in [0, 0.05) is 17.3 Å². The lowest BCUT2D eigenvalue weighted by Gasteiger charge is -2.17. The Morgan fingerprint density at radius 1 is 1.09 bits per heavy atom. The number of carbonyl (C=O) groups is 2. The van der Waals surface area contributed by atoms with Crippen LogP contribution in [0, 0.1) is 5.82 Å². The van der Waals surface area contributed by atoms with E-state index >= 15 is 0 Å². The van der Waals surface area contributed by atoms with E-state index in [1.807, 2.05) is 27.7 Å². The van der Waals surface area contributed by atoms with E-state index in [0.717, 1.165) is 5.56 Å². The Labute approximate surface area is 187 Å². The summed E-state index contributed by atoms with van der Waals surface area (Å²) in [5.41, 5.74) is 2.28. The number of aliphatic hydroxyl groups excluding tert-OH is 2. The number of halogens is 1. The van der Waals surface area contributed by atoms with E-state index < -0.39 is 30.4 Å². The van der Waals surface area contributed by atoms with Crippen LogP contribution in [0.3, 0.4) is 0 Å². The molecule has 0 saturated heterocycles. The lowest BCUT2D eigenvalue weighted by Crippen LogP contribution is -2.31. The van der Waals surface area contributed by atoms with Crippen molar-refractivity contribution in [2.45, 2.75) is 77.5 Å². The van der Waals surface area contributed by atoms with Gasteiger partial charge in [0.05, 0.1) is 24.3 Å². The Morgan fingerprint density at radius 2 is 1.72 bits per heavy atom. The minimum atomic E-state index is -1.15. The molecule has 2 rings (SSSR count). The van der Waals surface area contributed by atoms with Gasteiger partial charge in [-0.25, -0.2) is 9.07 Å². The quantitative estimate of drug-likeness (QED) is 0.418. The summed E-state index contributed by atoms with van der Waals surface area (Å²) in [4.78, 5) is 23.6. The summed E-state index contributed by atoms with van der Waals surface area (Å²) >= 11 is 0. The van der Waals surface area contributed by atoms with E-state index in [4.69, 9.17) is 5.11 Å². The third-order valence-corrected chi connectivity index (χ3v) is 4.97. The molecule has 1 aromatic heterocycles. The Morgan fingerprint density at radius 3 is 2.25 bits per heavy atom. The highest BCUT2D eigenvalue weighted by molar-refractivity contribution is 5.94. The summed E-state index contributed by atoms with van der Waals surface area (Å²) in [6, 6.07) is 5.65. The van der Waals surface area contributed by atoms with Crippen molar-refractivity contribution in [3.63, 3.8) is 0 Å². The lowest BCUT2D eigenvalue weighted by atomic mass is 9.95. The molecule has 0 bridgehead atoms. The zero-order valence-corrected chi connectivity index (χ0v) is 18.9. The maximum absolute atomic E-state index is 13.5. The smallest absolute Gasteiger partial charge is 0.305 e. The molecule has 32 heavy (non-hydrogen) atoms. The second-order valence-electron chi connectivity index (χ2n) is 8.56. The number of benzene rings is 1. The second-order valence-corrected chi connectivity index (χ2v) is 8.56. The number of amides is 1. The summed E-state index contributed by atoms with van der Waals surface area (Å²) in [5, 5.41) is 36.3. The topological polar surface area (TPSA) is 125 Å². The van der Waals surface area contributed by atoms with Crippen LogP contribution in [-0.4, -0.2) is 55.2 Å². The second kappa shape index (κ2) is 11.2. The number of nitrogens with zero attached hydrogens (tertiary/aromatic N) is 2. The van der Waals surface area contributed by atoms with Crippen molar-refractivity contribution in [2.24, 2.45) is 0 Å². The Balaban J connectivity index is 2.41. The maximum atomic E-state index is 13.5. The molecule has 1 aromatic carbocycles. The van der Waals surface area contributed by atoms with Gasteiger partial charge in [0.1, 0.15) is 5.82 Å². The van der Waals surface area contributed by atoms with Gasteiger partial charge in [-0.3, -0.25) is 9.59 Å². The first kappa shape index (κ1) is 25.5. The molecular weight excluding hydrogens is 417 g/mol. The molecular formula is C23H32FN3O5. The van der Waals surface area contributed by atoms with Crippen molar-refractivity contribution in [1.82, 2.24) is 15.1 Å². The third kappa shape index (κ3) is 6.86. The number of hydrogen-bond donors (Lipinski definition) is 4. The van der Waals surface area contributed by atoms with Gasteiger partial charge in [0.2, 0.25) is 0 Å². The van der Waals surface area contributed by atoms with E-state index in [9.17, 15) is 24.2 Å². The van der Waals surface area contributed by atoms with Crippen LogP contribution in [0.1, 0.15) is 74.6 Å². The number of carboxylic acid groups (broad SMARTS) is 1. The molecule has 0 radical (unpaired) electrons. The van der Waals surface area contributed by atoms with Gasteiger partial charge in [-0.1, -0.05) is 13.8 Å². The van der Waals surface area contributed by atoms with Crippen molar-refractivity contribution in [1.29, 1.82) is 0 Å². The molecule has 9 heteroatoms. The van der Waals surface area contributed by atoms with Crippen molar-refractivity contribution >= 4 is 11.9 Å². The highest BCUT2D eigenvalue weighted by Gasteiger charge is 2.26. The minimum absolute atomic E-state index is 0.0538. The molecule has 0 aliphatic rings. The minimum Gasteiger partial charge on any atom is -0.481 e. The average molecular weight is 450 g/mol. The predicted octanol–water partition coefficient (Wildman–Crippen LogP) is 2.79. The number of hydrogen-bond acceptors (Lipinski definition) is 5. The van der Waals surface area contributed by atoms with Crippen LogP contribution < -0.4 is 5.32 Å². The molecule has 1 heterocycles. The van der Waals surface area contributed by atoms with E-state index in [1.54, 1.807) is 16.8 Å². The molecule has 0 unspecified atom stereocenters. The van der Waals surface area contributed by atoms with Crippen LogP contribution in [-0.2, 0) is 11.2 Å². The fraction of sp³-hybridized carbons (Fsp3) is 0.522.